The van der Waals surface area contributed by atoms with Crippen LogP contribution >= 0.6 is 0 Å². The number of aryl methyl sites for hydroxylation is 1. The Bertz CT molecular complexity index is 937. The van der Waals surface area contributed by atoms with Crippen LogP contribution < -0.4 is 20.5 Å². The van der Waals surface area contributed by atoms with Gasteiger partial charge in [-0.2, -0.15) is 0 Å². The lowest BCUT2D eigenvalue weighted by Gasteiger charge is -2.12. The van der Waals surface area contributed by atoms with Crippen molar-refractivity contribution in [1.29, 1.82) is 0 Å². The van der Waals surface area contributed by atoms with Crippen LogP contribution in [0.3, 0.4) is 0 Å². The molecule has 0 unspecified atom stereocenters. The summed E-state index contributed by atoms with van der Waals surface area (Å²) in [4.78, 5) is 15.5. The van der Waals surface area contributed by atoms with Crippen LogP contribution in [0.1, 0.15) is 18.7 Å². The fourth-order valence-electron chi connectivity index (χ4n) is 2.69. The number of nitrogens with zero attached hydrogens (tertiary/aromatic N) is 4. The smallest absolute Gasteiger partial charge is 0.217 e. The number of amides is 1. The highest BCUT2D eigenvalue weighted by Crippen LogP contribution is 2.33. The van der Waals surface area contributed by atoms with Gasteiger partial charge in [0.15, 0.2) is 17.3 Å². The topological polar surface area (TPSA) is 117 Å². The second-order valence-corrected chi connectivity index (χ2v) is 5.56. The molecule has 0 radical (unpaired) electrons. The largest absolute Gasteiger partial charge is 0.493 e. The Morgan fingerprint density at radius 3 is 2.64 bits per heavy atom. The molecular formula is C16H20N6O3. The van der Waals surface area contributed by atoms with E-state index in [0.29, 0.717) is 47.9 Å². The van der Waals surface area contributed by atoms with Crippen LogP contribution in [0.2, 0.25) is 0 Å². The van der Waals surface area contributed by atoms with E-state index in [1.54, 1.807) is 14.2 Å². The van der Waals surface area contributed by atoms with Crippen LogP contribution in [0.15, 0.2) is 12.1 Å². The first-order valence-corrected chi connectivity index (χ1v) is 7.84. The summed E-state index contributed by atoms with van der Waals surface area (Å²) >= 11 is 0. The van der Waals surface area contributed by atoms with Gasteiger partial charge in [0, 0.05) is 25.1 Å². The van der Waals surface area contributed by atoms with E-state index in [-0.39, 0.29) is 5.91 Å². The van der Waals surface area contributed by atoms with Gasteiger partial charge in [0.1, 0.15) is 5.82 Å². The molecular weight excluding hydrogens is 324 g/mol. The van der Waals surface area contributed by atoms with E-state index in [4.69, 9.17) is 15.2 Å². The highest BCUT2D eigenvalue weighted by molar-refractivity contribution is 5.85. The van der Waals surface area contributed by atoms with E-state index in [1.165, 1.54) is 0 Å². The van der Waals surface area contributed by atoms with Crippen molar-refractivity contribution in [2.75, 3.05) is 26.1 Å². The summed E-state index contributed by atoms with van der Waals surface area (Å²) in [7, 11) is 3.16. The number of primary amides is 1. The molecule has 3 aromatic rings. The second kappa shape index (κ2) is 6.80. The van der Waals surface area contributed by atoms with Crippen LogP contribution in [-0.2, 0) is 4.79 Å². The summed E-state index contributed by atoms with van der Waals surface area (Å²) in [5.74, 6) is 2.19. The summed E-state index contributed by atoms with van der Waals surface area (Å²) < 4.78 is 12.6. The first-order valence-electron chi connectivity index (χ1n) is 7.84. The molecule has 9 nitrogen and oxygen atoms in total. The molecule has 25 heavy (non-hydrogen) atoms. The molecule has 1 aromatic carbocycles. The van der Waals surface area contributed by atoms with Gasteiger partial charge in [-0.05, 0) is 13.3 Å². The average Bonchev–Trinajstić information content (AvgIpc) is 2.99. The van der Waals surface area contributed by atoms with Gasteiger partial charge >= 0.3 is 0 Å². The van der Waals surface area contributed by atoms with Crippen molar-refractivity contribution in [2.45, 2.75) is 19.8 Å². The molecule has 132 valence electrons. The Morgan fingerprint density at radius 1 is 1.24 bits per heavy atom. The third-order valence-corrected chi connectivity index (χ3v) is 3.88. The van der Waals surface area contributed by atoms with E-state index in [9.17, 15) is 4.79 Å². The first kappa shape index (κ1) is 16.7. The van der Waals surface area contributed by atoms with Gasteiger partial charge < -0.3 is 20.5 Å². The number of hydrogen-bond acceptors (Lipinski definition) is 7. The van der Waals surface area contributed by atoms with Crippen LogP contribution in [0.25, 0.3) is 16.7 Å². The highest BCUT2D eigenvalue weighted by Gasteiger charge is 2.16. The predicted molar refractivity (Wildman–Crippen MR) is 93.0 cm³/mol. The van der Waals surface area contributed by atoms with Gasteiger partial charge in [-0.25, -0.2) is 4.98 Å². The fraction of sp³-hybridized carbons (Fsp3) is 0.375. The number of ether oxygens (including phenoxy) is 2. The number of nitrogens with two attached hydrogens (primary N) is 1. The maximum Gasteiger partial charge on any atom is 0.217 e. The van der Waals surface area contributed by atoms with Gasteiger partial charge in [-0.3, -0.25) is 9.20 Å². The predicted octanol–water partition coefficient (Wildman–Crippen LogP) is 1.28. The Labute approximate surface area is 144 Å². The number of carbonyl (C=O) groups excluding carboxylic acids is 1. The fourth-order valence-corrected chi connectivity index (χ4v) is 2.69. The zero-order chi connectivity index (χ0) is 18.0. The molecule has 0 atom stereocenters. The van der Waals surface area contributed by atoms with Gasteiger partial charge in [-0.15, -0.1) is 10.2 Å². The summed E-state index contributed by atoms with van der Waals surface area (Å²) in [5, 5.41) is 11.6. The van der Waals surface area contributed by atoms with Crippen molar-refractivity contribution < 1.29 is 14.3 Å². The van der Waals surface area contributed by atoms with E-state index in [1.807, 2.05) is 23.5 Å². The molecule has 3 rings (SSSR count). The zero-order valence-corrected chi connectivity index (χ0v) is 14.4. The zero-order valence-electron chi connectivity index (χ0n) is 14.4. The molecule has 9 heteroatoms. The molecule has 0 bridgehead atoms. The molecule has 0 spiro atoms. The number of methoxy groups -OCH3 is 2. The second-order valence-electron chi connectivity index (χ2n) is 5.56. The molecule has 3 N–H and O–H groups in total. The molecule has 0 saturated heterocycles. The summed E-state index contributed by atoms with van der Waals surface area (Å²) in [5.41, 5.74) is 7.30. The van der Waals surface area contributed by atoms with E-state index >= 15 is 0 Å². The van der Waals surface area contributed by atoms with Gasteiger partial charge in [0.05, 0.1) is 25.3 Å². The van der Waals surface area contributed by atoms with E-state index in [2.05, 4.69) is 20.5 Å². The van der Waals surface area contributed by atoms with Crippen molar-refractivity contribution in [3.8, 4) is 11.5 Å². The summed E-state index contributed by atoms with van der Waals surface area (Å²) in [6.07, 6.45) is 0.924. The van der Waals surface area contributed by atoms with Crippen molar-refractivity contribution in [2.24, 2.45) is 5.73 Å². The third kappa shape index (κ3) is 3.12. The minimum absolute atomic E-state index is 0.313. The SMILES string of the molecule is COc1cc2nc(NCCCC(N)=O)c3nnc(C)n3c2cc1OC. The van der Waals surface area contributed by atoms with E-state index in [0.717, 1.165) is 11.3 Å². The van der Waals surface area contributed by atoms with Crippen molar-refractivity contribution in [1.82, 2.24) is 19.6 Å². The van der Waals surface area contributed by atoms with Gasteiger partial charge in [0.2, 0.25) is 11.6 Å². The van der Waals surface area contributed by atoms with Crippen molar-refractivity contribution in [3.05, 3.63) is 18.0 Å². The minimum Gasteiger partial charge on any atom is -0.493 e. The molecule has 0 fully saturated rings. The average molecular weight is 344 g/mol. The number of hydrogen-bond donors (Lipinski definition) is 2. The quantitative estimate of drug-likeness (QED) is 0.620. The Morgan fingerprint density at radius 2 is 1.96 bits per heavy atom. The number of aromatic nitrogens is 4. The van der Waals surface area contributed by atoms with E-state index < -0.39 is 0 Å². The Balaban J connectivity index is 2.09. The number of rotatable bonds is 7. The van der Waals surface area contributed by atoms with Crippen LogP contribution in [0.5, 0.6) is 11.5 Å². The molecule has 0 saturated carbocycles. The van der Waals surface area contributed by atoms with Gasteiger partial charge in [0.25, 0.3) is 0 Å². The number of benzene rings is 1. The van der Waals surface area contributed by atoms with Crippen molar-refractivity contribution in [3.63, 3.8) is 0 Å². The molecule has 1 amide bonds. The molecule has 0 aliphatic rings. The standard InChI is InChI=1S/C16H20N6O3/c1-9-20-21-16-15(18-6-4-5-14(17)23)19-10-7-12(24-2)13(25-3)8-11(10)22(9)16/h7-8H,4-6H2,1-3H3,(H2,17,23)(H,18,19). The maximum atomic E-state index is 10.9. The normalized spacial score (nSPS) is 11.0. The summed E-state index contributed by atoms with van der Waals surface area (Å²) in [6.45, 7) is 2.42. The van der Waals surface area contributed by atoms with Crippen molar-refractivity contribution >= 4 is 28.4 Å². The number of carbonyl (C=O) groups is 1. The number of fused-ring (bicyclic) bond motifs is 3. The minimum atomic E-state index is -0.325. The highest BCUT2D eigenvalue weighted by atomic mass is 16.5. The Hall–Kier alpha value is -3.10. The lowest BCUT2D eigenvalue weighted by molar-refractivity contribution is -0.118. The van der Waals surface area contributed by atoms with Gasteiger partial charge in [-0.1, -0.05) is 0 Å². The number of anilines is 1. The third-order valence-electron chi connectivity index (χ3n) is 3.88. The lowest BCUT2D eigenvalue weighted by atomic mass is 10.2. The lowest BCUT2D eigenvalue weighted by Crippen LogP contribution is -2.13. The van der Waals surface area contributed by atoms with Crippen LogP contribution in [0.4, 0.5) is 5.82 Å². The molecule has 0 aliphatic carbocycles. The van der Waals surface area contributed by atoms with Crippen LogP contribution in [-0.4, -0.2) is 46.3 Å². The molecule has 0 aliphatic heterocycles. The molecule has 2 aromatic heterocycles. The first-order chi connectivity index (χ1) is 12.0. The maximum absolute atomic E-state index is 10.9. The monoisotopic (exact) mass is 344 g/mol. The molecule has 2 heterocycles. The summed E-state index contributed by atoms with van der Waals surface area (Å²) in [6, 6.07) is 3.66. The number of nitrogens with one attached hydrogen (secondary N) is 1. The van der Waals surface area contributed by atoms with Crippen LogP contribution in [0, 0.1) is 6.92 Å². The Kier molecular flexibility index (Phi) is 4.55.